The summed E-state index contributed by atoms with van der Waals surface area (Å²) in [4.78, 5) is 2.27. The first-order valence-corrected chi connectivity index (χ1v) is 14.2. The van der Waals surface area contributed by atoms with Crippen LogP contribution < -0.4 is 9.64 Å². The molecule has 0 unspecified atom stereocenters. The Morgan fingerprint density at radius 2 is 1.94 bits per heavy atom. The number of hydrogen-bond acceptors (Lipinski definition) is 6. The van der Waals surface area contributed by atoms with Crippen LogP contribution in [0.5, 0.6) is 5.75 Å². The summed E-state index contributed by atoms with van der Waals surface area (Å²) in [6.45, 7) is 6.38. The molecule has 2 aromatic carbocycles. The molecule has 35 heavy (non-hydrogen) atoms. The van der Waals surface area contributed by atoms with E-state index in [1.54, 1.807) is 16.4 Å². The minimum atomic E-state index is -3.73. The van der Waals surface area contributed by atoms with Crippen molar-refractivity contribution in [2.75, 3.05) is 31.1 Å². The molecule has 192 valence electrons. The molecule has 7 nitrogen and oxygen atoms in total. The molecule has 2 aromatic rings. The Hall–Kier alpha value is -2.13. The highest BCUT2D eigenvalue weighted by atomic mass is 32.2. The Balaban J connectivity index is 1.58. The predicted octanol–water partition coefficient (Wildman–Crippen LogP) is 4.19. The maximum atomic E-state index is 13.8. The summed E-state index contributed by atoms with van der Waals surface area (Å²) in [5, 5.41) is 9.95. The lowest BCUT2D eigenvalue weighted by Crippen LogP contribution is -2.44. The minimum Gasteiger partial charge on any atom is -0.485 e. The lowest BCUT2D eigenvalue weighted by molar-refractivity contribution is 0.0310. The third-order valence-electron chi connectivity index (χ3n) is 6.85. The molecule has 3 atom stereocenters. The number of unbranched alkanes of at least 4 members (excludes halogenated alkanes) is 2. The SMILES string of the molecule is CCCCC[C@H](C)N1C[C@@H](COCc2ccccc2)Oc2cc(N3CC[C@@H](O)C3)ccc2S1(=O)=O. The van der Waals surface area contributed by atoms with Crippen LogP contribution in [0.3, 0.4) is 0 Å². The topological polar surface area (TPSA) is 79.3 Å². The molecule has 1 saturated heterocycles. The van der Waals surface area contributed by atoms with Crippen LogP contribution in [0.2, 0.25) is 0 Å². The van der Waals surface area contributed by atoms with E-state index in [0.29, 0.717) is 25.3 Å². The first kappa shape index (κ1) is 25.9. The van der Waals surface area contributed by atoms with Gasteiger partial charge in [-0.3, -0.25) is 0 Å². The normalized spacial score (nSPS) is 22.9. The Bertz CT molecular complexity index is 1060. The molecule has 0 aliphatic carbocycles. The van der Waals surface area contributed by atoms with E-state index in [1.807, 2.05) is 43.3 Å². The molecule has 0 aromatic heterocycles. The van der Waals surface area contributed by atoms with Crippen molar-refractivity contribution in [2.45, 2.75) is 75.7 Å². The van der Waals surface area contributed by atoms with Gasteiger partial charge in [0.05, 0.1) is 25.9 Å². The fourth-order valence-corrected chi connectivity index (χ4v) is 6.63. The van der Waals surface area contributed by atoms with E-state index in [2.05, 4.69) is 11.8 Å². The van der Waals surface area contributed by atoms with Crippen LogP contribution in [0.15, 0.2) is 53.4 Å². The molecule has 0 saturated carbocycles. The van der Waals surface area contributed by atoms with E-state index >= 15 is 0 Å². The van der Waals surface area contributed by atoms with Crippen LogP contribution >= 0.6 is 0 Å². The largest absolute Gasteiger partial charge is 0.485 e. The highest BCUT2D eigenvalue weighted by Gasteiger charge is 2.38. The number of aliphatic hydroxyl groups is 1. The highest BCUT2D eigenvalue weighted by molar-refractivity contribution is 7.89. The molecular weight excluding hydrogens is 464 g/mol. The van der Waals surface area contributed by atoms with Crippen LogP contribution in [0.1, 0.15) is 51.5 Å². The van der Waals surface area contributed by atoms with Crippen molar-refractivity contribution in [3.8, 4) is 5.75 Å². The van der Waals surface area contributed by atoms with Crippen molar-refractivity contribution in [2.24, 2.45) is 0 Å². The number of sulfonamides is 1. The fourth-order valence-electron chi connectivity index (χ4n) is 4.84. The number of anilines is 1. The summed E-state index contributed by atoms with van der Waals surface area (Å²) >= 11 is 0. The molecular formula is C27H38N2O5S. The number of hydrogen-bond donors (Lipinski definition) is 1. The average molecular weight is 503 g/mol. The highest BCUT2D eigenvalue weighted by Crippen LogP contribution is 2.36. The molecule has 0 amide bonds. The standard InChI is InChI=1S/C27H38N2O5S/c1-3-4-6-9-21(2)29-18-25(20-33-19-22-10-7-5-8-11-22)34-26-16-23(28-15-14-24(30)17-28)12-13-27(26)35(29,31)32/h5,7-8,10-13,16,21,24-25,30H,3-4,6,9,14-15,17-20H2,1-2H3/t21-,24+,25-/m0/s1. The number of aliphatic hydroxyl groups excluding tert-OH is 1. The molecule has 8 heteroatoms. The number of rotatable bonds is 10. The van der Waals surface area contributed by atoms with E-state index in [9.17, 15) is 13.5 Å². The molecule has 0 radical (unpaired) electrons. The number of β-amino-alcohol motifs (C(OH)–C–C–N with tert-alkyl or cyclic N) is 1. The zero-order valence-corrected chi connectivity index (χ0v) is 21.6. The van der Waals surface area contributed by atoms with Crippen LogP contribution in [-0.4, -0.2) is 62.3 Å². The molecule has 2 heterocycles. The second kappa shape index (κ2) is 11.7. The quantitative estimate of drug-likeness (QED) is 0.491. The number of ether oxygens (including phenoxy) is 2. The zero-order valence-electron chi connectivity index (χ0n) is 20.8. The Kier molecular flexibility index (Phi) is 8.70. The number of fused-ring (bicyclic) bond motifs is 1. The molecule has 0 spiro atoms. The van der Waals surface area contributed by atoms with E-state index in [4.69, 9.17) is 9.47 Å². The number of nitrogens with zero attached hydrogens (tertiary/aromatic N) is 2. The average Bonchev–Trinajstić information content (AvgIpc) is 3.24. The second-order valence-corrected chi connectivity index (χ2v) is 11.5. The van der Waals surface area contributed by atoms with Crippen molar-refractivity contribution < 1.29 is 23.0 Å². The molecule has 4 rings (SSSR count). The van der Waals surface area contributed by atoms with Gasteiger partial charge < -0.3 is 19.5 Å². The minimum absolute atomic E-state index is 0.133. The predicted molar refractivity (Wildman–Crippen MR) is 137 cm³/mol. The van der Waals surface area contributed by atoms with Gasteiger partial charge in [0.1, 0.15) is 16.7 Å². The summed E-state index contributed by atoms with van der Waals surface area (Å²) in [6, 6.07) is 15.1. The van der Waals surface area contributed by atoms with E-state index < -0.39 is 16.1 Å². The Morgan fingerprint density at radius 3 is 2.66 bits per heavy atom. The van der Waals surface area contributed by atoms with Gasteiger partial charge in [-0.1, -0.05) is 56.5 Å². The first-order chi connectivity index (χ1) is 16.9. The van der Waals surface area contributed by atoms with Crippen molar-refractivity contribution in [3.63, 3.8) is 0 Å². The maximum absolute atomic E-state index is 13.8. The fraction of sp³-hybridized carbons (Fsp3) is 0.556. The molecule has 1 N–H and O–H groups in total. The van der Waals surface area contributed by atoms with Gasteiger partial charge in [-0.15, -0.1) is 0 Å². The van der Waals surface area contributed by atoms with Gasteiger partial charge >= 0.3 is 0 Å². The van der Waals surface area contributed by atoms with Gasteiger partial charge in [-0.25, -0.2) is 8.42 Å². The van der Waals surface area contributed by atoms with E-state index in [0.717, 1.165) is 43.5 Å². The summed E-state index contributed by atoms with van der Waals surface area (Å²) in [6.07, 6.45) is 3.89. The third-order valence-corrected chi connectivity index (χ3v) is 8.87. The summed E-state index contributed by atoms with van der Waals surface area (Å²) in [7, 11) is -3.73. The van der Waals surface area contributed by atoms with Crippen LogP contribution in [-0.2, 0) is 21.4 Å². The third kappa shape index (κ3) is 6.36. The summed E-state index contributed by atoms with van der Waals surface area (Å²) in [5.74, 6) is 0.362. The Morgan fingerprint density at radius 1 is 1.14 bits per heavy atom. The molecule has 1 fully saturated rings. The van der Waals surface area contributed by atoms with E-state index in [-0.39, 0.29) is 30.2 Å². The zero-order chi connectivity index (χ0) is 24.8. The van der Waals surface area contributed by atoms with Gasteiger partial charge in [0, 0.05) is 30.9 Å². The van der Waals surface area contributed by atoms with Crippen LogP contribution in [0.4, 0.5) is 5.69 Å². The smallest absolute Gasteiger partial charge is 0.247 e. The van der Waals surface area contributed by atoms with Gasteiger partial charge in [0.15, 0.2) is 0 Å². The summed E-state index contributed by atoms with van der Waals surface area (Å²) < 4.78 is 41.5. The first-order valence-electron chi connectivity index (χ1n) is 12.8. The van der Waals surface area contributed by atoms with Crippen molar-refractivity contribution in [1.29, 1.82) is 0 Å². The lowest BCUT2D eigenvalue weighted by Gasteiger charge is -2.28. The van der Waals surface area contributed by atoms with Gasteiger partial charge in [-0.2, -0.15) is 4.31 Å². The van der Waals surface area contributed by atoms with Crippen LogP contribution in [0.25, 0.3) is 0 Å². The summed E-state index contributed by atoms with van der Waals surface area (Å²) in [5.41, 5.74) is 1.93. The van der Waals surface area contributed by atoms with Crippen molar-refractivity contribution in [3.05, 3.63) is 54.1 Å². The van der Waals surface area contributed by atoms with Crippen molar-refractivity contribution in [1.82, 2.24) is 4.31 Å². The van der Waals surface area contributed by atoms with E-state index in [1.165, 1.54) is 0 Å². The van der Waals surface area contributed by atoms with Gasteiger partial charge in [0.2, 0.25) is 10.0 Å². The maximum Gasteiger partial charge on any atom is 0.247 e. The lowest BCUT2D eigenvalue weighted by atomic mass is 10.1. The monoisotopic (exact) mass is 502 g/mol. The van der Waals surface area contributed by atoms with Gasteiger partial charge in [0.25, 0.3) is 0 Å². The number of benzene rings is 2. The van der Waals surface area contributed by atoms with Gasteiger partial charge in [-0.05, 0) is 37.5 Å². The Labute approximate surface area is 209 Å². The van der Waals surface area contributed by atoms with Crippen molar-refractivity contribution >= 4 is 15.7 Å². The molecule has 2 aliphatic heterocycles. The second-order valence-electron chi connectivity index (χ2n) is 9.68. The molecule has 0 bridgehead atoms. The van der Waals surface area contributed by atoms with Crippen LogP contribution in [0, 0.1) is 0 Å². The molecule has 2 aliphatic rings.